The summed E-state index contributed by atoms with van der Waals surface area (Å²) in [6.07, 6.45) is 5.28. The van der Waals surface area contributed by atoms with Crippen LogP contribution < -0.4 is 11.1 Å². The maximum atomic E-state index is 11.6. The third kappa shape index (κ3) is 3.41. The fourth-order valence-corrected chi connectivity index (χ4v) is 3.65. The molecule has 3 N–H and O–H groups in total. The molecular formula is C9H14N6O2S2. The molecule has 0 radical (unpaired) electrons. The van der Waals surface area contributed by atoms with Crippen molar-refractivity contribution in [2.75, 3.05) is 23.9 Å². The zero-order valence-electron chi connectivity index (χ0n) is 10.3. The van der Waals surface area contributed by atoms with E-state index in [9.17, 15) is 8.42 Å². The van der Waals surface area contributed by atoms with Crippen LogP contribution in [0.4, 0.5) is 10.8 Å². The SMILES string of the molecule is CS(=O)(=O)c1c(N)nsc1NCCCn1ccnn1. The summed E-state index contributed by atoms with van der Waals surface area (Å²) in [5.74, 6) is 0.0475. The van der Waals surface area contributed by atoms with Gasteiger partial charge in [-0.15, -0.1) is 5.10 Å². The van der Waals surface area contributed by atoms with Crippen LogP contribution in [0.5, 0.6) is 0 Å². The average Bonchev–Trinajstić information content (AvgIpc) is 2.93. The molecule has 0 aliphatic carbocycles. The first-order valence-corrected chi connectivity index (χ1v) is 8.18. The second-order valence-corrected chi connectivity index (χ2v) is 6.67. The molecule has 10 heteroatoms. The predicted molar refractivity (Wildman–Crippen MR) is 72.8 cm³/mol. The summed E-state index contributed by atoms with van der Waals surface area (Å²) in [5.41, 5.74) is 5.57. The largest absolute Gasteiger partial charge is 0.382 e. The molecule has 0 fully saturated rings. The van der Waals surface area contributed by atoms with E-state index < -0.39 is 9.84 Å². The van der Waals surface area contributed by atoms with Crippen LogP contribution in [-0.2, 0) is 16.4 Å². The number of aromatic nitrogens is 4. The third-order valence-electron chi connectivity index (χ3n) is 2.37. The highest BCUT2D eigenvalue weighted by molar-refractivity contribution is 7.91. The quantitative estimate of drug-likeness (QED) is 0.733. The zero-order chi connectivity index (χ0) is 13.9. The molecule has 0 spiro atoms. The normalized spacial score (nSPS) is 11.6. The van der Waals surface area contributed by atoms with Crippen molar-refractivity contribution in [3.8, 4) is 0 Å². The second kappa shape index (κ2) is 5.53. The molecule has 2 heterocycles. The summed E-state index contributed by atoms with van der Waals surface area (Å²) in [5, 5.41) is 11.1. The number of anilines is 2. The van der Waals surface area contributed by atoms with Gasteiger partial charge < -0.3 is 11.1 Å². The van der Waals surface area contributed by atoms with Gasteiger partial charge in [-0.05, 0) is 18.0 Å². The molecule has 0 saturated carbocycles. The van der Waals surface area contributed by atoms with Crippen LogP contribution in [-0.4, -0.2) is 40.6 Å². The van der Waals surface area contributed by atoms with Crippen LogP contribution in [0, 0.1) is 0 Å². The van der Waals surface area contributed by atoms with Gasteiger partial charge in [0.1, 0.15) is 9.90 Å². The van der Waals surface area contributed by atoms with Gasteiger partial charge in [-0.2, -0.15) is 4.37 Å². The van der Waals surface area contributed by atoms with Crippen LogP contribution in [0.2, 0.25) is 0 Å². The Hall–Kier alpha value is -1.68. The van der Waals surface area contributed by atoms with Gasteiger partial charge in [-0.3, -0.25) is 4.68 Å². The minimum absolute atomic E-state index is 0.0475. The van der Waals surface area contributed by atoms with E-state index in [1.54, 1.807) is 17.1 Å². The van der Waals surface area contributed by atoms with Gasteiger partial charge in [0.15, 0.2) is 15.7 Å². The second-order valence-electron chi connectivity index (χ2n) is 3.94. The Kier molecular flexibility index (Phi) is 4.00. The van der Waals surface area contributed by atoms with Crippen molar-refractivity contribution in [3.63, 3.8) is 0 Å². The smallest absolute Gasteiger partial charge is 0.182 e. The number of nitrogens with two attached hydrogens (primary N) is 1. The summed E-state index contributed by atoms with van der Waals surface area (Å²) in [4.78, 5) is 0.0817. The first-order chi connectivity index (χ1) is 8.98. The topological polar surface area (TPSA) is 116 Å². The Labute approximate surface area is 114 Å². The van der Waals surface area contributed by atoms with Crippen molar-refractivity contribution in [2.24, 2.45) is 0 Å². The maximum absolute atomic E-state index is 11.6. The Morgan fingerprint density at radius 2 is 2.32 bits per heavy atom. The van der Waals surface area contributed by atoms with Crippen molar-refractivity contribution >= 4 is 32.2 Å². The van der Waals surface area contributed by atoms with E-state index in [0.29, 0.717) is 18.1 Å². The zero-order valence-corrected chi connectivity index (χ0v) is 11.9. The van der Waals surface area contributed by atoms with Crippen molar-refractivity contribution in [2.45, 2.75) is 17.9 Å². The van der Waals surface area contributed by atoms with E-state index in [4.69, 9.17) is 5.73 Å². The van der Waals surface area contributed by atoms with E-state index in [-0.39, 0.29) is 10.7 Å². The number of sulfone groups is 1. The van der Waals surface area contributed by atoms with Gasteiger partial charge in [0, 0.05) is 25.5 Å². The van der Waals surface area contributed by atoms with Crippen LogP contribution >= 0.6 is 11.5 Å². The molecule has 0 unspecified atom stereocenters. The highest BCUT2D eigenvalue weighted by Crippen LogP contribution is 2.31. The predicted octanol–water partition coefficient (Wildman–Crippen LogP) is 0.222. The van der Waals surface area contributed by atoms with Crippen molar-refractivity contribution in [1.29, 1.82) is 0 Å². The highest BCUT2D eigenvalue weighted by Gasteiger charge is 2.20. The summed E-state index contributed by atoms with van der Waals surface area (Å²) in [6.45, 7) is 1.31. The highest BCUT2D eigenvalue weighted by atomic mass is 32.2. The fourth-order valence-electron chi connectivity index (χ4n) is 1.56. The number of nitrogen functional groups attached to an aromatic ring is 1. The maximum Gasteiger partial charge on any atom is 0.182 e. The van der Waals surface area contributed by atoms with Crippen LogP contribution in [0.3, 0.4) is 0 Å². The van der Waals surface area contributed by atoms with Crippen molar-refractivity contribution in [1.82, 2.24) is 19.4 Å². The van der Waals surface area contributed by atoms with Crippen LogP contribution in [0.15, 0.2) is 17.3 Å². The van der Waals surface area contributed by atoms with E-state index in [1.165, 1.54) is 0 Å². The molecule has 2 rings (SSSR count). The first-order valence-electron chi connectivity index (χ1n) is 5.51. The van der Waals surface area contributed by atoms with E-state index in [2.05, 4.69) is 20.0 Å². The average molecular weight is 302 g/mol. The molecule has 0 atom stereocenters. The Balaban J connectivity index is 1.93. The molecule has 0 amide bonds. The molecule has 0 aliphatic rings. The lowest BCUT2D eigenvalue weighted by atomic mass is 10.4. The Morgan fingerprint density at radius 1 is 1.53 bits per heavy atom. The molecule has 8 nitrogen and oxygen atoms in total. The van der Waals surface area contributed by atoms with Crippen LogP contribution in [0.25, 0.3) is 0 Å². The minimum atomic E-state index is -3.37. The summed E-state index contributed by atoms with van der Waals surface area (Å²) >= 11 is 1.05. The Morgan fingerprint density at radius 3 is 2.95 bits per heavy atom. The van der Waals surface area contributed by atoms with Gasteiger partial charge in [0.05, 0.1) is 6.20 Å². The summed E-state index contributed by atoms with van der Waals surface area (Å²) in [6, 6.07) is 0. The first kappa shape index (κ1) is 13.7. The van der Waals surface area contributed by atoms with Gasteiger partial charge in [0.25, 0.3) is 0 Å². The van der Waals surface area contributed by atoms with Gasteiger partial charge >= 0.3 is 0 Å². The van der Waals surface area contributed by atoms with Crippen LogP contribution in [0.1, 0.15) is 6.42 Å². The lowest BCUT2D eigenvalue weighted by Gasteiger charge is -2.05. The standard InChI is InChI=1S/C9H14N6O2S2/c1-19(16,17)7-8(10)13-18-9(7)11-3-2-5-15-6-4-12-14-15/h4,6,11H,2-3,5H2,1H3,(H2,10,13). The lowest BCUT2D eigenvalue weighted by Crippen LogP contribution is -2.09. The molecule has 2 aromatic heterocycles. The molecular weight excluding hydrogens is 288 g/mol. The van der Waals surface area contributed by atoms with E-state index in [1.807, 2.05) is 0 Å². The molecule has 0 aliphatic heterocycles. The number of hydrogen-bond acceptors (Lipinski definition) is 8. The number of hydrogen-bond donors (Lipinski definition) is 2. The van der Waals surface area contributed by atoms with E-state index >= 15 is 0 Å². The molecule has 0 saturated heterocycles. The molecule has 0 bridgehead atoms. The van der Waals surface area contributed by atoms with E-state index in [0.717, 1.165) is 24.2 Å². The van der Waals surface area contributed by atoms with Gasteiger partial charge in [0.2, 0.25) is 0 Å². The number of nitrogens with zero attached hydrogens (tertiary/aromatic N) is 4. The molecule has 19 heavy (non-hydrogen) atoms. The number of rotatable bonds is 6. The minimum Gasteiger partial charge on any atom is -0.382 e. The van der Waals surface area contributed by atoms with Gasteiger partial charge in [-0.25, -0.2) is 8.42 Å². The molecule has 104 valence electrons. The fraction of sp³-hybridized carbons (Fsp3) is 0.444. The van der Waals surface area contributed by atoms with Crippen molar-refractivity contribution in [3.05, 3.63) is 12.4 Å². The lowest BCUT2D eigenvalue weighted by molar-refractivity contribution is 0.569. The Bertz CT molecular complexity index is 634. The summed E-state index contributed by atoms with van der Waals surface area (Å²) in [7, 11) is -3.37. The van der Waals surface area contributed by atoms with Gasteiger partial charge in [-0.1, -0.05) is 5.21 Å². The number of nitrogens with one attached hydrogen (secondary N) is 1. The molecule has 0 aromatic carbocycles. The van der Waals surface area contributed by atoms with Crippen molar-refractivity contribution < 1.29 is 8.42 Å². The number of aryl methyl sites for hydroxylation is 1. The third-order valence-corrected chi connectivity index (χ3v) is 4.47. The monoisotopic (exact) mass is 302 g/mol. The molecule has 2 aromatic rings. The summed E-state index contributed by atoms with van der Waals surface area (Å²) < 4.78 is 28.7.